The normalized spacial score (nSPS) is 19.7. The van der Waals surface area contributed by atoms with Crippen LogP contribution in [-0.4, -0.2) is 47.6 Å². The number of rotatable bonds is 4. The number of carbonyl (C=O) groups excluding carboxylic acids is 1. The third-order valence-electron chi connectivity index (χ3n) is 5.56. The van der Waals surface area contributed by atoms with Crippen LogP contribution in [0.5, 0.6) is 0 Å². The number of carbonyl (C=O) groups is 1. The van der Waals surface area contributed by atoms with Crippen molar-refractivity contribution in [1.29, 1.82) is 0 Å². The Morgan fingerprint density at radius 3 is 2.24 bits per heavy atom. The van der Waals surface area contributed by atoms with E-state index >= 15 is 0 Å². The van der Waals surface area contributed by atoms with Gasteiger partial charge in [-0.3, -0.25) is 14.9 Å². The van der Waals surface area contributed by atoms with E-state index in [1.165, 1.54) is 28.6 Å². The fraction of sp³-hybridized carbons (Fsp3) is 0.350. The molecule has 0 spiro atoms. The maximum atomic E-state index is 13.4. The predicted octanol–water partition coefficient (Wildman–Crippen LogP) is 2.33. The average Bonchev–Trinajstić information content (AvgIpc) is 3.27. The van der Waals surface area contributed by atoms with Gasteiger partial charge in [0, 0.05) is 31.8 Å². The average molecular weight is 415 g/mol. The third kappa shape index (κ3) is 3.63. The first kappa shape index (κ1) is 19.5. The zero-order valence-electron chi connectivity index (χ0n) is 15.7. The summed E-state index contributed by atoms with van der Waals surface area (Å²) in [5.74, 6) is -0.178. The third-order valence-corrected chi connectivity index (χ3v) is 7.43. The van der Waals surface area contributed by atoms with E-state index in [-0.39, 0.29) is 23.0 Å². The number of benzene rings is 2. The van der Waals surface area contributed by atoms with E-state index in [9.17, 15) is 23.3 Å². The van der Waals surface area contributed by atoms with Gasteiger partial charge in [0.1, 0.15) is 6.04 Å². The highest BCUT2D eigenvalue weighted by atomic mass is 32.2. The predicted molar refractivity (Wildman–Crippen MR) is 106 cm³/mol. The minimum Gasteiger partial charge on any atom is -0.341 e. The van der Waals surface area contributed by atoms with Gasteiger partial charge in [-0.1, -0.05) is 24.3 Å². The second-order valence-corrected chi connectivity index (χ2v) is 9.21. The van der Waals surface area contributed by atoms with E-state index in [1.54, 1.807) is 4.90 Å². The molecular formula is C20H21N3O5S. The van der Waals surface area contributed by atoms with Gasteiger partial charge in [0.15, 0.2) is 0 Å². The number of nitro benzene ring substituents is 1. The van der Waals surface area contributed by atoms with Crippen LogP contribution in [0.25, 0.3) is 0 Å². The van der Waals surface area contributed by atoms with E-state index in [0.29, 0.717) is 19.5 Å². The van der Waals surface area contributed by atoms with Crippen molar-refractivity contribution in [2.45, 2.75) is 36.7 Å². The zero-order valence-corrected chi connectivity index (χ0v) is 16.5. The molecule has 2 aromatic carbocycles. The topological polar surface area (TPSA) is 101 Å². The van der Waals surface area contributed by atoms with Crippen molar-refractivity contribution in [1.82, 2.24) is 9.21 Å². The van der Waals surface area contributed by atoms with E-state index in [4.69, 9.17) is 0 Å². The molecule has 8 nitrogen and oxygen atoms in total. The van der Waals surface area contributed by atoms with Crippen LogP contribution < -0.4 is 0 Å². The molecule has 29 heavy (non-hydrogen) atoms. The van der Waals surface area contributed by atoms with E-state index in [0.717, 1.165) is 24.0 Å². The number of fused-ring (bicyclic) bond motifs is 1. The monoisotopic (exact) mass is 415 g/mol. The molecule has 4 rings (SSSR count). The highest BCUT2D eigenvalue weighted by Crippen LogP contribution is 2.31. The fourth-order valence-electron chi connectivity index (χ4n) is 3.99. The van der Waals surface area contributed by atoms with Crippen LogP contribution in [0.1, 0.15) is 24.0 Å². The zero-order chi connectivity index (χ0) is 20.6. The Morgan fingerprint density at radius 2 is 1.62 bits per heavy atom. The lowest BCUT2D eigenvalue weighted by Crippen LogP contribution is -2.53. The molecule has 1 fully saturated rings. The van der Waals surface area contributed by atoms with Crippen LogP contribution in [-0.2, 0) is 27.8 Å². The maximum Gasteiger partial charge on any atom is 0.269 e. The second kappa shape index (κ2) is 7.57. The van der Waals surface area contributed by atoms with Gasteiger partial charge >= 0.3 is 0 Å². The number of sulfonamides is 1. The molecule has 1 amide bonds. The van der Waals surface area contributed by atoms with Crippen molar-refractivity contribution in [3.8, 4) is 0 Å². The number of non-ortho nitro benzene ring substituents is 1. The van der Waals surface area contributed by atoms with Crippen molar-refractivity contribution in [3.63, 3.8) is 0 Å². The number of nitro groups is 1. The van der Waals surface area contributed by atoms with Gasteiger partial charge < -0.3 is 4.90 Å². The summed E-state index contributed by atoms with van der Waals surface area (Å²) in [6, 6.07) is 11.5. The summed E-state index contributed by atoms with van der Waals surface area (Å²) in [5.41, 5.74) is 1.65. The molecule has 0 N–H and O–H groups in total. The maximum absolute atomic E-state index is 13.4. The standard InChI is InChI=1S/C20H21N3O5S/c24-20(21-11-3-4-12-21)19-13-15-5-1-2-6-16(15)14-22(19)29(27,28)18-9-7-17(8-10-18)23(25)26/h1-2,5-10,19H,3-4,11-14H2. The lowest BCUT2D eigenvalue weighted by Gasteiger charge is -2.36. The van der Waals surface area contributed by atoms with Crippen LogP contribution >= 0.6 is 0 Å². The van der Waals surface area contributed by atoms with E-state index in [1.807, 2.05) is 24.3 Å². The Bertz CT molecular complexity index is 1050. The van der Waals surface area contributed by atoms with Crippen LogP contribution in [0.4, 0.5) is 5.69 Å². The lowest BCUT2D eigenvalue weighted by atomic mass is 9.95. The highest BCUT2D eigenvalue weighted by molar-refractivity contribution is 7.89. The molecule has 2 aliphatic rings. The molecule has 0 aliphatic carbocycles. The number of amides is 1. The molecule has 1 unspecified atom stereocenters. The molecule has 2 aliphatic heterocycles. The summed E-state index contributed by atoms with van der Waals surface area (Å²) in [5, 5.41) is 10.9. The molecule has 2 aromatic rings. The number of hydrogen-bond donors (Lipinski definition) is 0. The Morgan fingerprint density at radius 1 is 1.00 bits per heavy atom. The molecule has 0 aromatic heterocycles. The Balaban J connectivity index is 1.72. The first-order chi connectivity index (χ1) is 13.9. The van der Waals surface area contributed by atoms with Crippen LogP contribution in [0.2, 0.25) is 0 Å². The van der Waals surface area contributed by atoms with Crippen molar-refractivity contribution in [3.05, 3.63) is 69.8 Å². The first-order valence-corrected chi connectivity index (χ1v) is 10.9. The molecule has 1 atom stereocenters. The first-order valence-electron chi connectivity index (χ1n) is 9.50. The van der Waals surface area contributed by atoms with Crippen LogP contribution in [0.3, 0.4) is 0 Å². The van der Waals surface area contributed by atoms with Crippen molar-refractivity contribution < 1.29 is 18.1 Å². The molecule has 0 saturated carbocycles. The van der Waals surface area contributed by atoms with Gasteiger partial charge in [-0.15, -0.1) is 0 Å². The summed E-state index contributed by atoms with van der Waals surface area (Å²) in [7, 11) is -4.01. The van der Waals surface area contributed by atoms with Gasteiger partial charge in [0.2, 0.25) is 15.9 Å². The molecule has 152 valence electrons. The molecule has 0 radical (unpaired) electrons. The molecule has 0 bridgehead atoms. The van der Waals surface area contributed by atoms with Gasteiger partial charge in [0.05, 0.1) is 9.82 Å². The summed E-state index contributed by atoms with van der Waals surface area (Å²) < 4.78 is 28.0. The minimum absolute atomic E-state index is 0.0540. The number of hydrogen-bond acceptors (Lipinski definition) is 5. The van der Waals surface area contributed by atoms with Gasteiger partial charge in [-0.05, 0) is 42.5 Å². The molecular weight excluding hydrogens is 394 g/mol. The summed E-state index contributed by atoms with van der Waals surface area (Å²) in [6.07, 6.45) is 2.16. The Kier molecular flexibility index (Phi) is 5.10. The number of likely N-dealkylation sites (tertiary alicyclic amines) is 1. The van der Waals surface area contributed by atoms with Crippen LogP contribution in [0, 0.1) is 10.1 Å². The van der Waals surface area contributed by atoms with Crippen molar-refractivity contribution in [2.24, 2.45) is 0 Å². The minimum atomic E-state index is -4.01. The van der Waals surface area contributed by atoms with Gasteiger partial charge in [0.25, 0.3) is 5.69 Å². The van der Waals surface area contributed by atoms with Crippen molar-refractivity contribution >= 4 is 21.6 Å². The molecule has 2 heterocycles. The summed E-state index contributed by atoms with van der Waals surface area (Å²) in [6.45, 7) is 1.38. The Labute approximate surface area is 168 Å². The van der Waals surface area contributed by atoms with Gasteiger partial charge in [-0.25, -0.2) is 8.42 Å². The highest BCUT2D eigenvalue weighted by Gasteiger charge is 2.41. The van der Waals surface area contributed by atoms with Crippen LogP contribution in [0.15, 0.2) is 53.4 Å². The summed E-state index contributed by atoms with van der Waals surface area (Å²) >= 11 is 0. The molecule has 1 saturated heterocycles. The van der Waals surface area contributed by atoms with Crippen molar-refractivity contribution in [2.75, 3.05) is 13.1 Å². The smallest absolute Gasteiger partial charge is 0.269 e. The molecule has 9 heteroatoms. The number of nitrogens with zero attached hydrogens (tertiary/aromatic N) is 3. The fourth-order valence-corrected chi connectivity index (χ4v) is 5.55. The SMILES string of the molecule is O=C(C1Cc2ccccc2CN1S(=O)(=O)c1ccc([N+](=O)[O-])cc1)N1CCCC1. The van der Waals surface area contributed by atoms with E-state index < -0.39 is 21.0 Å². The Hall–Kier alpha value is -2.78. The quantitative estimate of drug-likeness (QED) is 0.563. The summed E-state index contributed by atoms with van der Waals surface area (Å²) in [4.78, 5) is 25.2. The van der Waals surface area contributed by atoms with E-state index in [2.05, 4.69) is 0 Å². The van der Waals surface area contributed by atoms with Gasteiger partial charge in [-0.2, -0.15) is 4.31 Å². The second-order valence-electron chi connectivity index (χ2n) is 7.32. The largest absolute Gasteiger partial charge is 0.341 e. The lowest BCUT2D eigenvalue weighted by molar-refractivity contribution is -0.384.